The van der Waals surface area contributed by atoms with E-state index in [0.717, 1.165) is 63.2 Å². The number of benzene rings is 5. The van der Waals surface area contributed by atoms with Crippen LogP contribution in [0.3, 0.4) is 0 Å². The zero-order valence-corrected chi connectivity index (χ0v) is 28.4. The summed E-state index contributed by atoms with van der Waals surface area (Å²) in [6.07, 6.45) is 7.05. The SMILES string of the molecule is Cc1ccc(Oc2ccc(-c3noc(-c4ccc5[nH]ccc5c4)n3)cc2)cc1.Oc1ccc(-c2nc(-c3ccc(OC4CCCC4)cc3)no2)cc1. The molecule has 9 rings (SSSR count). The van der Waals surface area contributed by atoms with Gasteiger partial charge in [0.1, 0.15) is 23.0 Å². The van der Waals surface area contributed by atoms with Crippen LogP contribution < -0.4 is 9.47 Å². The van der Waals surface area contributed by atoms with Crippen molar-refractivity contribution in [1.29, 1.82) is 0 Å². The maximum atomic E-state index is 9.34. The lowest BCUT2D eigenvalue weighted by atomic mass is 10.1. The Hall–Kier alpha value is -6.68. The molecule has 0 aliphatic heterocycles. The molecule has 0 spiro atoms. The van der Waals surface area contributed by atoms with E-state index in [1.807, 2.05) is 110 Å². The number of aromatic amines is 1. The van der Waals surface area contributed by atoms with Crippen LogP contribution in [0.2, 0.25) is 0 Å². The Morgan fingerprint density at radius 3 is 1.79 bits per heavy atom. The second kappa shape index (κ2) is 14.7. The summed E-state index contributed by atoms with van der Waals surface area (Å²) in [6.45, 7) is 2.05. The molecule has 5 aromatic carbocycles. The van der Waals surface area contributed by atoms with Crippen LogP contribution in [0.1, 0.15) is 31.2 Å². The number of ether oxygens (including phenoxy) is 2. The van der Waals surface area contributed by atoms with Crippen LogP contribution in [0.5, 0.6) is 23.0 Å². The summed E-state index contributed by atoms with van der Waals surface area (Å²) in [4.78, 5) is 12.1. The highest BCUT2D eigenvalue weighted by Crippen LogP contribution is 2.30. The molecule has 52 heavy (non-hydrogen) atoms. The van der Waals surface area contributed by atoms with Gasteiger partial charge in [-0.25, -0.2) is 0 Å². The molecule has 258 valence electrons. The quantitative estimate of drug-likeness (QED) is 0.160. The second-order valence-corrected chi connectivity index (χ2v) is 12.7. The van der Waals surface area contributed by atoms with E-state index in [0.29, 0.717) is 29.5 Å². The summed E-state index contributed by atoms with van der Waals surface area (Å²) >= 11 is 0. The van der Waals surface area contributed by atoms with Crippen LogP contribution in [0, 0.1) is 6.92 Å². The first-order valence-corrected chi connectivity index (χ1v) is 17.2. The highest BCUT2D eigenvalue weighted by atomic mass is 16.5. The molecular formula is C42H35N5O5. The average Bonchev–Trinajstić information content (AvgIpc) is 4.02. The lowest BCUT2D eigenvalue weighted by Gasteiger charge is -2.12. The molecule has 2 N–H and O–H groups in total. The molecule has 3 aromatic heterocycles. The maximum absolute atomic E-state index is 9.34. The first kappa shape index (κ1) is 32.5. The number of nitrogens with one attached hydrogen (secondary N) is 1. The molecule has 0 amide bonds. The molecule has 1 aliphatic carbocycles. The minimum atomic E-state index is 0.205. The summed E-state index contributed by atoms with van der Waals surface area (Å²) in [5.41, 5.74) is 5.69. The van der Waals surface area contributed by atoms with Crippen molar-refractivity contribution >= 4 is 10.9 Å². The van der Waals surface area contributed by atoms with Crippen molar-refractivity contribution in [3.8, 4) is 68.7 Å². The Labute approximate surface area is 299 Å². The van der Waals surface area contributed by atoms with Crippen LogP contribution in [-0.2, 0) is 0 Å². The number of hydrogen-bond donors (Lipinski definition) is 2. The summed E-state index contributed by atoms with van der Waals surface area (Å²) in [5, 5.41) is 18.6. The third-order valence-electron chi connectivity index (χ3n) is 8.85. The lowest BCUT2D eigenvalue weighted by Crippen LogP contribution is -2.10. The molecule has 0 radical (unpaired) electrons. The third kappa shape index (κ3) is 7.56. The van der Waals surface area contributed by atoms with Crippen molar-refractivity contribution < 1.29 is 23.6 Å². The Morgan fingerprint density at radius 2 is 1.15 bits per heavy atom. The molecule has 0 unspecified atom stereocenters. The maximum Gasteiger partial charge on any atom is 0.258 e. The van der Waals surface area contributed by atoms with Crippen molar-refractivity contribution in [3.05, 3.63) is 133 Å². The number of aromatic nitrogens is 5. The van der Waals surface area contributed by atoms with Gasteiger partial charge in [-0.1, -0.05) is 28.0 Å². The Kier molecular flexibility index (Phi) is 9.17. The Morgan fingerprint density at radius 1 is 0.615 bits per heavy atom. The zero-order valence-electron chi connectivity index (χ0n) is 28.4. The lowest BCUT2D eigenvalue weighted by molar-refractivity contribution is 0.210. The van der Waals surface area contributed by atoms with Gasteiger partial charge in [-0.05, 0) is 142 Å². The fraction of sp³-hybridized carbons (Fsp3) is 0.143. The van der Waals surface area contributed by atoms with Gasteiger partial charge in [-0.15, -0.1) is 0 Å². The fourth-order valence-corrected chi connectivity index (χ4v) is 6.00. The van der Waals surface area contributed by atoms with Crippen LogP contribution in [0.4, 0.5) is 0 Å². The van der Waals surface area contributed by atoms with Crippen molar-refractivity contribution in [2.45, 2.75) is 38.7 Å². The predicted octanol–water partition coefficient (Wildman–Crippen LogP) is 10.4. The Bertz CT molecular complexity index is 2370. The molecule has 1 aliphatic rings. The topological polar surface area (TPSA) is 132 Å². The van der Waals surface area contributed by atoms with Crippen LogP contribution in [0.15, 0.2) is 137 Å². The van der Waals surface area contributed by atoms with E-state index in [2.05, 4.69) is 25.3 Å². The predicted molar refractivity (Wildman–Crippen MR) is 198 cm³/mol. The molecule has 10 nitrogen and oxygen atoms in total. The normalized spacial score (nSPS) is 12.8. The van der Waals surface area contributed by atoms with E-state index in [1.165, 1.54) is 18.4 Å². The van der Waals surface area contributed by atoms with Crippen LogP contribution >= 0.6 is 0 Å². The van der Waals surface area contributed by atoms with Gasteiger partial charge in [0.05, 0.1) is 6.10 Å². The summed E-state index contributed by atoms with van der Waals surface area (Å²) in [6, 6.07) is 38.1. The number of aromatic hydroxyl groups is 1. The van der Waals surface area contributed by atoms with Gasteiger partial charge in [0.15, 0.2) is 0 Å². The second-order valence-electron chi connectivity index (χ2n) is 12.7. The molecule has 1 saturated carbocycles. The van der Waals surface area contributed by atoms with Gasteiger partial charge >= 0.3 is 0 Å². The first-order chi connectivity index (χ1) is 25.5. The van der Waals surface area contributed by atoms with Crippen LogP contribution in [-0.4, -0.2) is 36.5 Å². The molecule has 8 aromatic rings. The number of phenolic OH excluding ortho intramolecular Hbond substituents is 1. The summed E-state index contributed by atoms with van der Waals surface area (Å²) in [5.74, 6) is 4.66. The van der Waals surface area contributed by atoms with Gasteiger partial charge in [0.2, 0.25) is 11.6 Å². The monoisotopic (exact) mass is 689 g/mol. The number of hydrogen-bond acceptors (Lipinski definition) is 9. The number of aryl methyl sites for hydroxylation is 1. The zero-order chi connectivity index (χ0) is 35.3. The molecule has 10 heteroatoms. The minimum Gasteiger partial charge on any atom is -0.508 e. The molecule has 0 bridgehead atoms. The number of nitrogens with zero attached hydrogens (tertiary/aromatic N) is 4. The first-order valence-electron chi connectivity index (χ1n) is 17.2. The van der Waals surface area contributed by atoms with Gasteiger partial charge in [-0.3, -0.25) is 0 Å². The Balaban J connectivity index is 0.000000151. The highest BCUT2D eigenvalue weighted by molar-refractivity contribution is 5.83. The van der Waals surface area contributed by atoms with E-state index in [-0.39, 0.29) is 5.75 Å². The van der Waals surface area contributed by atoms with Crippen LogP contribution in [0.25, 0.3) is 56.6 Å². The van der Waals surface area contributed by atoms with Crippen molar-refractivity contribution in [3.63, 3.8) is 0 Å². The van der Waals surface area contributed by atoms with Gasteiger partial charge in [0, 0.05) is 39.4 Å². The van der Waals surface area contributed by atoms with Crippen molar-refractivity contribution in [2.24, 2.45) is 0 Å². The summed E-state index contributed by atoms with van der Waals surface area (Å²) in [7, 11) is 0. The molecule has 0 atom stereocenters. The van der Waals surface area contributed by atoms with E-state index in [4.69, 9.17) is 18.5 Å². The van der Waals surface area contributed by atoms with Crippen molar-refractivity contribution in [1.82, 2.24) is 25.3 Å². The van der Waals surface area contributed by atoms with Gasteiger partial charge in [0.25, 0.3) is 11.8 Å². The van der Waals surface area contributed by atoms with Gasteiger partial charge in [-0.2, -0.15) is 9.97 Å². The van der Waals surface area contributed by atoms with Gasteiger partial charge < -0.3 is 28.6 Å². The fourth-order valence-electron chi connectivity index (χ4n) is 6.00. The molecule has 3 heterocycles. The standard InChI is InChI=1S/C23H17N3O2.C19H18N2O3/c1-15-2-7-19(8-3-15)27-20-9-4-16(5-10-20)22-25-23(28-26-22)18-6-11-21-17(14-18)12-13-24-21;22-15-9-5-14(6-10-15)19-20-18(21-24-19)13-7-11-17(12-8-13)23-16-3-1-2-4-16/h2-14,24H,1H3;5-12,16,22H,1-4H2. The van der Waals surface area contributed by atoms with E-state index >= 15 is 0 Å². The number of rotatable bonds is 8. The van der Waals surface area contributed by atoms with E-state index in [9.17, 15) is 5.11 Å². The van der Waals surface area contributed by atoms with E-state index < -0.39 is 0 Å². The van der Waals surface area contributed by atoms with Crippen molar-refractivity contribution in [2.75, 3.05) is 0 Å². The number of fused-ring (bicyclic) bond motifs is 1. The molecule has 0 saturated heterocycles. The highest BCUT2D eigenvalue weighted by Gasteiger charge is 2.17. The largest absolute Gasteiger partial charge is 0.508 e. The number of phenols is 1. The molecule has 1 fully saturated rings. The smallest absolute Gasteiger partial charge is 0.258 e. The molecular weight excluding hydrogens is 654 g/mol. The minimum absolute atomic E-state index is 0.205. The summed E-state index contributed by atoms with van der Waals surface area (Å²) < 4.78 is 22.6. The number of H-pyrrole nitrogens is 1. The third-order valence-corrected chi connectivity index (χ3v) is 8.85. The average molecular weight is 690 g/mol. The van der Waals surface area contributed by atoms with E-state index in [1.54, 1.807) is 24.3 Å².